The SMILES string of the molecule is NCCC(=O)NCC1CCCCN1C(=O)c1ccc2sccc2c1. The number of likely N-dealkylation sites (tertiary alicyclic amines) is 1. The lowest BCUT2D eigenvalue weighted by atomic mass is 10.00. The summed E-state index contributed by atoms with van der Waals surface area (Å²) in [5.41, 5.74) is 6.12. The summed E-state index contributed by atoms with van der Waals surface area (Å²) in [5.74, 6) is 0.0102. The molecular formula is C18H23N3O2S. The van der Waals surface area contributed by atoms with Crippen molar-refractivity contribution in [3.63, 3.8) is 0 Å². The molecule has 5 nitrogen and oxygen atoms in total. The van der Waals surface area contributed by atoms with Crippen LogP contribution in [0.5, 0.6) is 0 Å². The van der Waals surface area contributed by atoms with E-state index in [-0.39, 0.29) is 17.9 Å². The maximum Gasteiger partial charge on any atom is 0.254 e. The first-order chi connectivity index (χ1) is 11.7. The molecule has 3 rings (SSSR count). The van der Waals surface area contributed by atoms with Crippen molar-refractivity contribution >= 4 is 33.2 Å². The number of hydrogen-bond acceptors (Lipinski definition) is 4. The van der Waals surface area contributed by atoms with Gasteiger partial charge in [0, 0.05) is 42.4 Å². The fraction of sp³-hybridized carbons (Fsp3) is 0.444. The van der Waals surface area contributed by atoms with E-state index in [9.17, 15) is 9.59 Å². The van der Waals surface area contributed by atoms with E-state index in [4.69, 9.17) is 5.73 Å². The Labute approximate surface area is 145 Å². The predicted octanol–water partition coefficient (Wildman–Crippen LogP) is 2.36. The van der Waals surface area contributed by atoms with Crippen molar-refractivity contribution in [2.24, 2.45) is 5.73 Å². The molecule has 1 aliphatic rings. The second-order valence-corrected chi connectivity index (χ2v) is 7.11. The van der Waals surface area contributed by atoms with E-state index >= 15 is 0 Å². The molecule has 0 spiro atoms. The van der Waals surface area contributed by atoms with Crippen molar-refractivity contribution in [1.82, 2.24) is 10.2 Å². The second-order valence-electron chi connectivity index (χ2n) is 6.16. The minimum atomic E-state index is -0.0461. The molecule has 128 valence electrons. The highest BCUT2D eigenvalue weighted by Crippen LogP contribution is 2.24. The quantitative estimate of drug-likeness (QED) is 0.873. The van der Waals surface area contributed by atoms with Gasteiger partial charge in [-0.05, 0) is 54.3 Å². The molecule has 0 aliphatic carbocycles. The zero-order valence-corrected chi connectivity index (χ0v) is 14.5. The topological polar surface area (TPSA) is 75.4 Å². The first-order valence-electron chi connectivity index (χ1n) is 8.44. The molecule has 2 aromatic rings. The van der Waals surface area contributed by atoms with Crippen LogP contribution >= 0.6 is 11.3 Å². The number of nitrogens with one attached hydrogen (secondary N) is 1. The van der Waals surface area contributed by atoms with Crippen LogP contribution in [0, 0.1) is 0 Å². The van der Waals surface area contributed by atoms with Crippen LogP contribution in [0.4, 0.5) is 0 Å². The molecule has 3 N–H and O–H groups in total. The standard InChI is InChI=1S/C18H23N3O2S/c19-8-6-17(22)20-12-15-3-1-2-9-21(15)18(23)14-4-5-16-13(11-14)7-10-24-16/h4-5,7,10-11,15H,1-3,6,8-9,12,19H2,(H,20,22). The highest BCUT2D eigenvalue weighted by molar-refractivity contribution is 7.17. The van der Waals surface area contributed by atoms with E-state index in [2.05, 4.69) is 5.32 Å². The summed E-state index contributed by atoms with van der Waals surface area (Å²) in [4.78, 5) is 26.5. The fourth-order valence-electron chi connectivity index (χ4n) is 3.20. The molecule has 0 radical (unpaired) electrons. The number of fused-ring (bicyclic) bond motifs is 1. The highest BCUT2D eigenvalue weighted by Gasteiger charge is 2.27. The number of rotatable bonds is 5. The number of carbonyl (C=O) groups excluding carboxylic acids is 2. The molecule has 1 unspecified atom stereocenters. The zero-order chi connectivity index (χ0) is 16.9. The van der Waals surface area contributed by atoms with E-state index < -0.39 is 0 Å². The van der Waals surface area contributed by atoms with Crippen LogP contribution in [0.15, 0.2) is 29.6 Å². The minimum Gasteiger partial charge on any atom is -0.354 e. The molecule has 1 aromatic carbocycles. The summed E-state index contributed by atoms with van der Waals surface area (Å²) >= 11 is 1.68. The summed E-state index contributed by atoms with van der Waals surface area (Å²) in [6.45, 7) is 1.60. The number of benzene rings is 1. The van der Waals surface area contributed by atoms with Gasteiger partial charge in [0.1, 0.15) is 0 Å². The van der Waals surface area contributed by atoms with E-state index in [1.54, 1.807) is 11.3 Å². The van der Waals surface area contributed by atoms with Gasteiger partial charge in [-0.15, -0.1) is 11.3 Å². The molecule has 1 aromatic heterocycles. The van der Waals surface area contributed by atoms with Crippen molar-refractivity contribution in [2.75, 3.05) is 19.6 Å². The second kappa shape index (κ2) is 7.77. The maximum atomic E-state index is 12.9. The van der Waals surface area contributed by atoms with Gasteiger partial charge in [0.15, 0.2) is 0 Å². The van der Waals surface area contributed by atoms with E-state index in [1.165, 1.54) is 4.70 Å². The number of carbonyl (C=O) groups is 2. The number of hydrogen-bond donors (Lipinski definition) is 2. The average molecular weight is 345 g/mol. The molecule has 1 atom stereocenters. The van der Waals surface area contributed by atoms with Crippen LogP contribution < -0.4 is 11.1 Å². The van der Waals surface area contributed by atoms with Gasteiger partial charge in [0.2, 0.25) is 5.91 Å². The Morgan fingerprint density at radius 2 is 2.17 bits per heavy atom. The lowest BCUT2D eigenvalue weighted by Gasteiger charge is -2.36. The van der Waals surface area contributed by atoms with Crippen molar-refractivity contribution in [3.8, 4) is 0 Å². The minimum absolute atomic E-state index is 0.0461. The van der Waals surface area contributed by atoms with Crippen molar-refractivity contribution in [2.45, 2.75) is 31.7 Å². The molecule has 0 saturated carbocycles. The van der Waals surface area contributed by atoms with Gasteiger partial charge < -0.3 is 16.0 Å². The Morgan fingerprint density at radius 1 is 1.29 bits per heavy atom. The van der Waals surface area contributed by atoms with Crippen molar-refractivity contribution < 1.29 is 9.59 Å². The van der Waals surface area contributed by atoms with Crippen LogP contribution in [0.25, 0.3) is 10.1 Å². The summed E-state index contributed by atoms with van der Waals surface area (Å²) in [7, 11) is 0. The number of piperidine rings is 1. The lowest BCUT2D eigenvalue weighted by Crippen LogP contribution is -2.49. The van der Waals surface area contributed by atoms with Crippen molar-refractivity contribution in [1.29, 1.82) is 0 Å². The monoisotopic (exact) mass is 345 g/mol. The number of amides is 2. The number of thiophene rings is 1. The Morgan fingerprint density at radius 3 is 3.00 bits per heavy atom. The normalized spacial score (nSPS) is 17.9. The highest BCUT2D eigenvalue weighted by atomic mass is 32.1. The Hall–Kier alpha value is -1.92. The molecule has 6 heteroatoms. The smallest absolute Gasteiger partial charge is 0.254 e. The Kier molecular flexibility index (Phi) is 5.48. The summed E-state index contributed by atoms with van der Waals surface area (Å²) < 4.78 is 1.19. The number of nitrogens with zero attached hydrogens (tertiary/aromatic N) is 1. The Balaban J connectivity index is 1.71. The van der Waals surface area contributed by atoms with Gasteiger partial charge in [-0.3, -0.25) is 9.59 Å². The molecule has 1 aliphatic heterocycles. The van der Waals surface area contributed by atoms with Gasteiger partial charge in [-0.1, -0.05) is 0 Å². The van der Waals surface area contributed by atoms with E-state index in [0.29, 0.717) is 19.5 Å². The van der Waals surface area contributed by atoms with Gasteiger partial charge in [-0.2, -0.15) is 0 Å². The molecule has 1 saturated heterocycles. The van der Waals surface area contributed by atoms with Gasteiger partial charge in [-0.25, -0.2) is 0 Å². The average Bonchev–Trinajstić information content (AvgIpc) is 3.07. The third kappa shape index (κ3) is 3.76. The first-order valence-corrected chi connectivity index (χ1v) is 9.32. The van der Waals surface area contributed by atoms with Crippen LogP contribution in [0.1, 0.15) is 36.0 Å². The zero-order valence-electron chi connectivity index (χ0n) is 13.7. The largest absolute Gasteiger partial charge is 0.354 e. The summed E-state index contributed by atoms with van der Waals surface area (Å²) in [6, 6.07) is 7.98. The van der Waals surface area contributed by atoms with Gasteiger partial charge in [0.25, 0.3) is 5.91 Å². The van der Waals surface area contributed by atoms with Crippen molar-refractivity contribution in [3.05, 3.63) is 35.2 Å². The summed E-state index contributed by atoms with van der Waals surface area (Å²) in [5, 5.41) is 6.05. The fourth-order valence-corrected chi connectivity index (χ4v) is 3.97. The molecule has 2 amide bonds. The predicted molar refractivity (Wildman–Crippen MR) is 97.2 cm³/mol. The lowest BCUT2D eigenvalue weighted by molar-refractivity contribution is -0.121. The molecule has 24 heavy (non-hydrogen) atoms. The first kappa shape index (κ1) is 16.9. The molecule has 0 bridgehead atoms. The molecular weight excluding hydrogens is 322 g/mol. The summed E-state index contributed by atoms with van der Waals surface area (Å²) in [6.07, 6.45) is 3.36. The van der Waals surface area contributed by atoms with Gasteiger partial charge >= 0.3 is 0 Å². The van der Waals surface area contributed by atoms with Gasteiger partial charge in [0.05, 0.1) is 0 Å². The third-order valence-corrected chi connectivity index (χ3v) is 5.39. The van der Waals surface area contributed by atoms with Crippen LogP contribution in [-0.4, -0.2) is 42.4 Å². The van der Waals surface area contributed by atoms with E-state index in [1.807, 2.05) is 34.5 Å². The van der Waals surface area contributed by atoms with Crippen LogP contribution in [-0.2, 0) is 4.79 Å². The molecule has 2 heterocycles. The maximum absolute atomic E-state index is 12.9. The third-order valence-electron chi connectivity index (χ3n) is 4.49. The number of nitrogens with two attached hydrogens (primary N) is 1. The van der Waals surface area contributed by atoms with Crippen LogP contribution in [0.3, 0.4) is 0 Å². The Bertz CT molecular complexity index is 728. The van der Waals surface area contributed by atoms with Crippen LogP contribution in [0.2, 0.25) is 0 Å². The van der Waals surface area contributed by atoms with E-state index in [0.717, 1.165) is 36.8 Å². The molecule has 1 fully saturated rings.